The SMILES string of the molecule is CCc1ccc(C2C=C(c3ccc(C)cc3)Nc3nnnn32)cc1. The molecule has 2 aromatic carbocycles. The molecule has 0 saturated heterocycles. The molecule has 1 atom stereocenters. The van der Waals surface area contributed by atoms with Crippen molar-refractivity contribution >= 4 is 11.6 Å². The number of fused-ring (bicyclic) bond motifs is 1. The van der Waals surface area contributed by atoms with Gasteiger partial charge in [-0.3, -0.25) is 0 Å². The van der Waals surface area contributed by atoms with E-state index in [-0.39, 0.29) is 6.04 Å². The average molecular weight is 317 g/mol. The molecule has 0 aliphatic carbocycles. The van der Waals surface area contributed by atoms with Crippen LogP contribution in [-0.4, -0.2) is 20.2 Å². The smallest absolute Gasteiger partial charge is 0.248 e. The number of aromatic nitrogens is 4. The van der Waals surface area contributed by atoms with Crippen molar-refractivity contribution in [3.8, 4) is 0 Å². The number of hydrogen-bond acceptors (Lipinski definition) is 4. The normalized spacial score (nSPS) is 16.2. The number of anilines is 1. The zero-order chi connectivity index (χ0) is 16.5. The second-order valence-electron chi connectivity index (χ2n) is 6.06. The van der Waals surface area contributed by atoms with E-state index < -0.39 is 0 Å². The van der Waals surface area contributed by atoms with Crippen molar-refractivity contribution in [3.05, 3.63) is 76.9 Å². The van der Waals surface area contributed by atoms with Gasteiger partial charge in [-0.25, -0.2) is 0 Å². The molecule has 5 nitrogen and oxygen atoms in total. The van der Waals surface area contributed by atoms with Crippen LogP contribution in [0.3, 0.4) is 0 Å². The molecule has 4 rings (SSSR count). The first kappa shape index (κ1) is 14.6. The highest BCUT2D eigenvalue weighted by molar-refractivity contribution is 5.77. The molecular formula is C19H19N5. The Morgan fingerprint density at radius 1 is 1.04 bits per heavy atom. The van der Waals surface area contributed by atoms with Crippen LogP contribution < -0.4 is 5.32 Å². The maximum atomic E-state index is 4.15. The first-order valence-electron chi connectivity index (χ1n) is 8.17. The standard InChI is InChI=1S/C19H19N5/c1-3-14-6-10-16(11-7-14)18-12-17(15-8-4-13(2)5-9-15)20-19-21-22-23-24(18)19/h4-12,18H,3H2,1-2H3,(H,20,21,23). The lowest BCUT2D eigenvalue weighted by Crippen LogP contribution is -2.20. The van der Waals surface area contributed by atoms with Gasteiger partial charge >= 0.3 is 0 Å². The second-order valence-corrected chi connectivity index (χ2v) is 6.06. The van der Waals surface area contributed by atoms with Gasteiger partial charge in [0, 0.05) is 5.70 Å². The van der Waals surface area contributed by atoms with Crippen molar-refractivity contribution < 1.29 is 0 Å². The lowest BCUT2D eigenvalue weighted by atomic mass is 10.00. The number of aryl methyl sites for hydroxylation is 2. The fourth-order valence-corrected chi connectivity index (χ4v) is 2.94. The Balaban J connectivity index is 1.77. The van der Waals surface area contributed by atoms with Gasteiger partial charge in [0.05, 0.1) is 0 Å². The Kier molecular flexibility index (Phi) is 3.61. The Labute approximate surface area is 141 Å². The van der Waals surface area contributed by atoms with E-state index in [1.54, 1.807) is 0 Å². The van der Waals surface area contributed by atoms with Crippen molar-refractivity contribution in [1.29, 1.82) is 0 Å². The number of rotatable bonds is 3. The summed E-state index contributed by atoms with van der Waals surface area (Å²) >= 11 is 0. The summed E-state index contributed by atoms with van der Waals surface area (Å²) < 4.78 is 1.82. The molecule has 0 bridgehead atoms. The highest BCUT2D eigenvalue weighted by Crippen LogP contribution is 2.31. The Morgan fingerprint density at radius 3 is 2.50 bits per heavy atom. The molecule has 1 unspecified atom stereocenters. The average Bonchev–Trinajstić information content (AvgIpc) is 3.10. The lowest BCUT2D eigenvalue weighted by Gasteiger charge is -2.23. The summed E-state index contributed by atoms with van der Waals surface area (Å²) in [5.74, 6) is 0.664. The van der Waals surface area contributed by atoms with Gasteiger partial charge in [0.2, 0.25) is 5.95 Å². The molecule has 0 amide bonds. The van der Waals surface area contributed by atoms with Crippen LogP contribution in [0.2, 0.25) is 0 Å². The van der Waals surface area contributed by atoms with E-state index in [2.05, 4.69) is 89.3 Å². The fraction of sp³-hybridized carbons (Fsp3) is 0.211. The predicted molar refractivity (Wildman–Crippen MR) is 94.6 cm³/mol. The first-order chi connectivity index (χ1) is 11.7. The van der Waals surface area contributed by atoms with E-state index >= 15 is 0 Å². The van der Waals surface area contributed by atoms with Crippen molar-refractivity contribution in [3.63, 3.8) is 0 Å². The van der Waals surface area contributed by atoms with Gasteiger partial charge in [-0.1, -0.05) is 66.1 Å². The second kappa shape index (κ2) is 5.92. The van der Waals surface area contributed by atoms with Crippen molar-refractivity contribution in [2.75, 3.05) is 5.32 Å². The topological polar surface area (TPSA) is 55.6 Å². The summed E-state index contributed by atoms with van der Waals surface area (Å²) in [4.78, 5) is 0. The van der Waals surface area contributed by atoms with Crippen LogP contribution in [-0.2, 0) is 6.42 Å². The molecule has 1 aromatic heterocycles. The van der Waals surface area contributed by atoms with Crippen LogP contribution in [0.5, 0.6) is 0 Å². The molecule has 0 saturated carbocycles. The fourth-order valence-electron chi connectivity index (χ4n) is 2.94. The van der Waals surface area contributed by atoms with E-state index in [0.29, 0.717) is 5.95 Å². The molecule has 0 spiro atoms. The highest BCUT2D eigenvalue weighted by atomic mass is 15.6. The van der Waals surface area contributed by atoms with Crippen LogP contribution in [0.25, 0.3) is 5.70 Å². The first-order valence-corrected chi connectivity index (χ1v) is 8.17. The molecule has 0 fully saturated rings. The van der Waals surface area contributed by atoms with Crippen LogP contribution in [0.15, 0.2) is 54.6 Å². The summed E-state index contributed by atoms with van der Waals surface area (Å²) in [6.45, 7) is 4.25. The number of tetrazole rings is 1. The van der Waals surface area contributed by atoms with Crippen LogP contribution in [0.4, 0.5) is 5.95 Å². The van der Waals surface area contributed by atoms with E-state index in [1.165, 1.54) is 16.7 Å². The third-order valence-corrected chi connectivity index (χ3v) is 4.42. The van der Waals surface area contributed by atoms with Gasteiger partial charge in [0.1, 0.15) is 6.04 Å². The lowest BCUT2D eigenvalue weighted by molar-refractivity contribution is 0.585. The molecule has 5 heteroatoms. The van der Waals surface area contributed by atoms with Gasteiger partial charge in [-0.2, -0.15) is 4.68 Å². The van der Waals surface area contributed by atoms with E-state index in [4.69, 9.17) is 0 Å². The summed E-state index contributed by atoms with van der Waals surface area (Å²) in [7, 11) is 0. The minimum Gasteiger partial charge on any atom is -0.323 e. The van der Waals surface area contributed by atoms with E-state index in [0.717, 1.165) is 17.7 Å². The Bertz CT molecular complexity index is 875. The number of benzene rings is 2. The Morgan fingerprint density at radius 2 is 1.79 bits per heavy atom. The molecule has 24 heavy (non-hydrogen) atoms. The number of nitrogens with one attached hydrogen (secondary N) is 1. The monoisotopic (exact) mass is 317 g/mol. The van der Waals surface area contributed by atoms with Crippen molar-refractivity contribution in [2.45, 2.75) is 26.3 Å². The number of hydrogen-bond donors (Lipinski definition) is 1. The van der Waals surface area contributed by atoms with Crippen LogP contribution in [0, 0.1) is 6.92 Å². The molecule has 0 radical (unpaired) electrons. The largest absolute Gasteiger partial charge is 0.323 e. The summed E-state index contributed by atoms with van der Waals surface area (Å²) in [6.07, 6.45) is 3.21. The molecule has 1 aliphatic heterocycles. The van der Waals surface area contributed by atoms with Gasteiger partial charge in [-0.05, 0) is 46.5 Å². The molecule has 3 aromatic rings. The predicted octanol–water partition coefficient (Wildman–Crippen LogP) is 3.60. The zero-order valence-electron chi connectivity index (χ0n) is 13.8. The van der Waals surface area contributed by atoms with Crippen molar-refractivity contribution in [2.24, 2.45) is 0 Å². The maximum absolute atomic E-state index is 4.15. The summed E-state index contributed by atoms with van der Waals surface area (Å²) in [5, 5.41) is 15.4. The van der Waals surface area contributed by atoms with E-state index in [1.807, 2.05) is 4.68 Å². The van der Waals surface area contributed by atoms with Crippen molar-refractivity contribution in [1.82, 2.24) is 20.2 Å². The molecule has 2 heterocycles. The highest BCUT2D eigenvalue weighted by Gasteiger charge is 2.24. The minimum absolute atomic E-state index is 0.0153. The molecule has 120 valence electrons. The maximum Gasteiger partial charge on any atom is 0.248 e. The molecule has 1 N–H and O–H groups in total. The zero-order valence-corrected chi connectivity index (χ0v) is 13.8. The van der Waals surface area contributed by atoms with Gasteiger partial charge in [0.25, 0.3) is 0 Å². The number of allylic oxidation sites excluding steroid dienone is 1. The van der Waals surface area contributed by atoms with Gasteiger partial charge < -0.3 is 5.32 Å². The Hall–Kier alpha value is -2.95. The third kappa shape index (κ3) is 2.58. The van der Waals surface area contributed by atoms with Crippen LogP contribution in [0.1, 0.15) is 35.2 Å². The quantitative estimate of drug-likeness (QED) is 0.802. The van der Waals surface area contributed by atoms with Gasteiger partial charge in [0.15, 0.2) is 0 Å². The van der Waals surface area contributed by atoms with Crippen LogP contribution >= 0.6 is 0 Å². The number of nitrogens with zero attached hydrogens (tertiary/aromatic N) is 4. The minimum atomic E-state index is -0.0153. The molecule has 1 aliphatic rings. The summed E-state index contributed by atoms with van der Waals surface area (Å²) in [5.41, 5.74) is 5.90. The van der Waals surface area contributed by atoms with Gasteiger partial charge in [-0.15, -0.1) is 0 Å². The molecular weight excluding hydrogens is 298 g/mol. The summed E-state index contributed by atoms with van der Waals surface area (Å²) in [6, 6.07) is 17.1. The van der Waals surface area contributed by atoms with E-state index in [9.17, 15) is 0 Å². The third-order valence-electron chi connectivity index (χ3n) is 4.42.